The molecule has 0 unspecified atom stereocenters. The Bertz CT molecular complexity index is 612. The second kappa shape index (κ2) is 9.66. The van der Waals surface area contributed by atoms with Crippen molar-refractivity contribution < 1.29 is 14.3 Å². The van der Waals surface area contributed by atoms with E-state index < -0.39 is 0 Å². The molecule has 2 fully saturated rings. The van der Waals surface area contributed by atoms with Gasteiger partial charge in [-0.25, -0.2) is 0 Å². The number of rotatable bonds is 7. The molecule has 2 aliphatic heterocycles. The number of thiophene rings is 1. The predicted octanol–water partition coefficient (Wildman–Crippen LogP) is 2.36. The number of hydrogen-bond donors (Lipinski definition) is 1. The van der Waals surface area contributed by atoms with E-state index in [1.807, 2.05) is 16.8 Å². The summed E-state index contributed by atoms with van der Waals surface area (Å²) in [6.07, 6.45) is 3.86. The molecular formula is C20H31N3O3S. The van der Waals surface area contributed by atoms with Crippen molar-refractivity contribution in [3.05, 3.63) is 22.4 Å². The van der Waals surface area contributed by atoms with E-state index in [0.29, 0.717) is 31.0 Å². The van der Waals surface area contributed by atoms with Crippen molar-refractivity contribution in [3.8, 4) is 0 Å². The Balaban J connectivity index is 1.40. The standard InChI is InChI=1S/C20H31N3O3S/c1-15-11-22(12-16(2)26-15)13-18-5-4-9-23(18)19(24)6-3-8-21-20(25)17-7-10-27-14-17/h7,10,14-16,18H,3-6,8-9,11-13H2,1-2H3,(H,21,25)/t15-,16-,18+/m1/s1. The molecule has 0 aliphatic carbocycles. The molecule has 0 radical (unpaired) electrons. The lowest BCUT2D eigenvalue weighted by Gasteiger charge is -2.38. The summed E-state index contributed by atoms with van der Waals surface area (Å²) in [4.78, 5) is 29.1. The topological polar surface area (TPSA) is 61.9 Å². The molecule has 6 nitrogen and oxygen atoms in total. The highest BCUT2D eigenvalue weighted by Gasteiger charge is 2.32. The Hall–Kier alpha value is -1.44. The Labute approximate surface area is 165 Å². The zero-order chi connectivity index (χ0) is 19.2. The highest BCUT2D eigenvalue weighted by atomic mass is 32.1. The van der Waals surface area contributed by atoms with E-state index >= 15 is 0 Å². The molecule has 150 valence electrons. The molecule has 2 aliphatic rings. The maximum Gasteiger partial charge on any atom is 0.252 e. The summed E-state index contributed by atoms with van der Waals surface area (Å²) in [7, 11) is 0. The van der Waals surface area contributed by atoms with Gasteiger partial charge in [-0.05, 0) is 44.6 Å². The van der Waals surface area contributed by atoms with Gasteiger partial charge in [0.25, 0.3) is 5.91 Å². The van der Waals surface area contributed by atoms with Gasteiger partial charge >= 0.3 is 0 Å². The Morgan fingerprint density at radius 3 is 2.78 bits per heavy atom. The fourth-order valence-electron chi connectivity index (χ4n) is 4.17. The van der Waals surface area contributed by atoms with Crippen LogP contribution in [0.1, 0.15) is 49.9 Å². The van der Waals surface area contributed by atoms with E-state index in [1.54, 1.807) is 0 Å². The van der Waals surface area contributed by atoms with Gasteiger partial charge in [0.2, 0.25) is 5.91 Å². The van der Waals surface area contributed by atoms with E-state index in [1.165, 1.54) is 11.3 Å². The minimum absolute atomic E-state index is 0.0571. The van der Waals surface area contributed by atoms with E-state index in [-0.39, 0.29) is 24.0 Å². The molecule has 1 aromatic heterocycles. The molecule has 1 aromatic rings. The van der Waals surface area contributed by atoms with Crippen molar-refractivity contribution in [2.45, 2.75) is 57.8 Å². The molecule has 3 atom stereocenters. The third-order valence-electron chi connectivity index (χ3n) is 5.30. The van der Waals surface area contributed by atoms with E-state index in [2.05, 4.69) is 29.0 Å². The number of carbonyl (C=O) groups excluding carboxylic acids is 2. The van der Waals surface area contributed by atoms with Crippen LogP contribution in [-0.4, -0.2) is 72.6 Å². The van der Waals surface area contributed by atoms with Crippen molar-refractivity contribution in [1.29, 1.82) is 0 Å². The smallest absolute Gasteiger partial charge is 0.252 e. The van der Waals surface area contributed by atoms with Gasteiger partial charge in [-0.1, -0.05) is 0 Å². The number of morpholine rings is 1. The SMILES string of the molecule is C[C@@H]1CN(C[C@@H]2CCCN2C(=O)CCCNC(=O)c2ccsc2)C[C@@H](C)O1. The zero-order valence-electron chi connectivity index (χ0n) is 16.4. The van der Waals surface area contributed by atoms with Crippen LogP contribution in [0.5, 0.6) is 0 Å². The molecule has 0 bridgehead atoms. The first-order chi connectivity index (χ1) is 13.0. The zero-order valence-corrected chi connectivity index (χ0v) is 17.2. The minimum atomic E-state index is -0.0571. The van der Waals surface area contributed by atoms with Gasteiger partial charge in [-0.2, -0.15) is 11.3 Å². The first-order valence-corrected chi connectivity index (χ1v) is 10.9. The summed E-state index contributed by atoms with van der Waals surface area (Å²) < 4.78 is 5.81. The summed E-state index contributed by atoms with van der Waals surface area (Å²) in [5, 5.41) is 6.62. The molecule has 27 heavy (non-hydrogen) atoms. The van der Waals surface area contributed by atoms with Gasteiger partial charge in [-0.15, -0.1) is 0 Å². The molecule has 1 N–H and O–H groups in total. The number of carbonyl (C=O) groups is 2. The molecule has 2 saturated heterocycles. The number of likely N-dealkylation sites (tertiary alicyclic amines) is 1. The molecule has 3 rings (SSSR count). The quantitative estimate of drug-likeness (QED) is 0.723. The van der Waals surface area contributed by atoms with Crippen LogP contribution in [0.2, 0.25) is 0 Å². The third-order valence-corrected chi connectivity index (χ3v) is 5.98. The first-order valence-electron chi connectivity index (χ1n) is 10.0. The fraction of sp³-hybridized carbons (Fsp3) is 0.700. The van der Waals surface area contributed by atoms with Gasteiger partial charge in [0.05, 0.1) is 12.2 Å². The van der Waals surface area contributed by atoms with Crippen LogP contribution in [0.25, 0.3) is 0 Å². The molecule has 0 saturated carbocycles. The Morgan fingerprint density at radius 1 is 1.30 bits per heavy atom. The number of amides is 2. The molecule has 2 amide bonds. The van der Waals surface area contributed by atoms with Gasteiger partial charge in [-0.3, -0.25) is 14.5 Å². The van der Waals surface area contributed by atoms with Crippen LogP contribution in [-0.2, 0) is 9.53 Å². The van der Waals surface area contributed by atoms with Crippen molar-refractivity contribution >= 4 is 23.2 Å². The molecular weight excluding hydrogens is 362 g/mol. The molecule has 0 aromatic carbocycles. The lowest BCUT2D eigenvalue weighted by molar-refractivity contribution is -0.133. The number of nitrogens with zero attached hydrogens (tertiary/aromatic N) is 2. The van der Waals surface area contributed by atoms with Gasteiger partial charge in [0.15, 0.2) is 0 Å². The maximum absolute atomic E-state index is 12.7. The van der Waals surface area contributed by atoms with Crippen molar-refractivity contribution in [2.75, 3.05) is 32.7 Å². The van der Waals surface area contributed by atoms with Crippen molar-refractivity contribution in [2.24, 2.45) is 0 Å². The van der Waals surface area contributed by atoms with Gasteiger partial charge in [0, 0.05) is 56.1 Å². The van der Waals surface area contributed by atoms with Gasteiger partial charge in [0.1, 0.15) is 0 Å². The third kappa shape index (κ3) is 5.77. The van der Waals surface area contributed by atoms with Crippen LogP contribution < -0.4 is 5.32 Å². The molecule has 7 heteroatoms. The predicted molar refractivity (Wildman–Crippen MR) is 107 cm³/mol. The Kier molecular flexibility index (Phi) is 7.26. The first kappa shape index (κ1) is 20.3. The lowest BCUT2D eigenvalue weighted by Crippen LogP contribution is -2.50. The summed E-state index contributed by atoms with van der Waals surface area (Å²) in [6, 6.07) is 2.13. The van der Waals surface area contributed by atoms with Gasteiger partial charge < -0.3 is 15.0 Å². The van der Waals surface area contributed by atoms with Crippen LogP contribution in [0, 0.1) is 0 Å². The lowest BCUT2D eigenvalue weighted by atomic mass is 10.1. The summed E-state index contributed by atoms with van der Waals surface area (Å²) in [6.45, 7) is 8.46. The Morgan fingerprint density at radius 2 is 2.07 bits per heavy atom. The monoisotopic (exact) mass is 393 g/mol. The fourth-order valence-corrected chi connectivity index (χ4v) is 4.80. The van der Waals surface area contributed by atoms with Crippen LogP contribution in [0.15, 0.2) is 16.8 Å². The molecule has 0 spiro atoms. The minimum Gasteiger partial charge on any atom is -0.373 e. The van der Waals surface area contributed by atoms with Crippen molar-refractivity contribution in [3.63, 3.8) is 0 Å². The summed E-state index contributed by atoms with van der Waals surface area (Å²) >= 11 is 1.51. The summed E-state index contributed by atoms with van der Waals surface area (Å²) in [5.74, 6) is 0.162. The maximum atomic E-state index is 12.7. The second-order valence-electron chi connectivity index (χ2n) is 7.73. The molecule has 3 heterocycles. The highest BCUT2D eigenvalue weighted by Crippen LogP contribution is 2.21. The largest absolute Gasteiger partial charge is 0.373 e. The highest BCUT2D eigenvalue weighted by molar-refractivity contribution is 7.08. The summed E-state index contributed by atoms with van der Waals surface area (Å²) in [5.41, 5.74) is 0.694. The second-order valence-corrected chi connectivity index (χ2v) is 8.51. The number of nitrogens with one attached hydrogen (secondary N) is 1. The van der Waals surface area contributed by atoms with E-state index in [4.69, 9.17) is 4.74 Å². The van der Waals surface area contributed by atoms with E-state index in [9.17, 15) is 9.59 Å². The average Bonchev–Trinajstić information content (AvgIpc) is 3.29. The number of ether oxygens (including phenoxy) is 1. The number of hydrogen-bond acceptors (Lipinski definition) is 5. The van der Waals surface area contributed by atoms with Crippen molar-refractivity contribution in [1.82, 2.24) is 15.1 Å². The van der Waals surface area contributed by atoms with Crippen LogP contribution in [0.3, 0.4) is 0 Å². The van der Waals surface area contributed by atoms with Crippen LogP contribution >= 0.6 is 11.3 Å². The van der Waals surface area contributed by atoms with E-state index in [0.717, 1.165) is 39.0 Å². The normalized spacial score (nSPS) is 26.3. The average molecular weight is 394 g/mol. The van der Waals surface area contributed by atoms with Crippen LogP contribution in [0.4, 0.5) is 0 Å².